The molecule has 0 saturated heterocycles. The van der Waals surface area contributed by atoms with Gasteiger partial charge >= 0.3 is 0 Å². The zero-order valence-corrected chi connectivity index (χ0v) is 14.5. The molecule has 6 nitrogen and oxygen atoms in total. The number of carbonyl (C=O) groups excluding carboxylic acids is 1. The van der Waals surface area contributed by atoms with Crippen LogP contribution in [-0.2, 0) is 22.4 Å². The Morgan fingerprint density at radius 3 is 2.76 bits per heavy atom. The fraction of sp³-hybridized carbons (Fsp3) is 0.368. The average molecular weight is 342 g/mol. The summed E-state index contributed by atoms with van der Waals surface area (Å²) >= 11 is 0. The summed E-state index contributed by atoms with van der Waals surface area (Å²) in [6.45, 7) is 1.50. The fourth-order valence-corrected chi connectivity index (χ4v) is 2.84. The van der Waals surface area contributed by atoms with E-state index in [-0.39, 0.29) is 5.91 Å². The normalized spacial score (nSPS) is 13.9. The van der Waals surface area contributed by atoms with Gasteiger partial charge in [0.25, 0.3) is 5.91 Å². The molecule has 25 heavy (non-hydrogen) atoms. The molecule has 0 unspecified atom stereocenters. The number of aromatic nitrogens is 1. The highest BCUT2D eigenvalue weighted by atomic mass is 16.7. The lowest BCUT2D eigenvalue weighted by Gasteiger charge is -2.28. The molecule has 2 heterocycles. The van der Waals surface area contributed by atoms with Crippen molar-refractivity contribution in [2.24, 2.45) is 0 Å². The molecule has 0 bridgehead atoms. The first kappa shape index (κ1) is 17.4. The molecule has 6 heteroatoms. The molecule has 0 aliphatic carbocycles. The van der Waals surface area contributed by atoms with Gasteiger partial charge in [-0.05, 0) is 42.3 Å². The van der Waals surface area contributed by atoms with Crippen LogP contribution in [0.4, 0.5) is 0 Å². The summed E-state index contributed by atoms with van der Waals surface area (Å²) in [5.74, 6) is 0.744. The van der Waals surface area contributed by atoms with Crippen LogP contribution in [0, 0.1) is 0 Å². The van der Waals surface area contributed by atoms with E-state index in [9.17, 15) is 4.79 Å². The average Bonchev–Trinajstić information content (AvgIpc) is 2.66. The lowest BCUT2D eigenvalue weighted by molar-refractivity contribution is -0.121. The predicted octanol–water partition coefficient (Wildman–Crippen LogP) is 2.28. The van der Waals surface area contributed by atoms with E-state index in [1.807, 2.05) is 41.3 Å². The number of nitrogens with zero attached hydrogens (tertiary/aromatic N) is 2. The van der Waals surface area contributed by atoms with Crippen molar-refractivity contribution >= 4 is 5.91 Å². The Kier molecular flexibility index (Phi) is 5.63. The van der Waals surface area contributed by atoms with Crippen LogP contribution in [0.3, 0.4) is 0 Å². The SMILES string of the molecule is COC(COc1ccc2c(c1)CCN(Cc1ccccn1)C2=O)OC. The highest BCUT2D eigenvalue weighted by Crippen LogP contribution is 2.25. The summed E-state index contributed by atoms with van der Waals surface area (Å²) in [7, 11) is 3.14. The first-order chi connectivity index (χ1) is 12.2. The third-order valence-corrected chi connectivity index (χ3v) is 4.24. The molecular formula is C19H22N2O4. The molecule has 0 spiro atoms. The van der Waals surface area contributed by atoms with Crippen LogP contribution in [0.15, 0.2) is 42.6 Å². The second kappa shape index (κ2) is 8.09. The summed E-state index contributed by atoms with van der Waals surface area (Å²) < 4.78 is 15.9. The van der Waals surface area contributed by atoms with Crippen LogP contribution in [0.25, 0.3) is 0 Å². The Hall–Kier alpha value is -2.44. The van der Waals surface area contributed by atoms with Crippen molar-refractivity contribution in [2.45, 2.75) is 19.3 Å². The van der Waals surface area contributed by atoms with E-state index in [1.165, 1.54) is 0 Å². The van der Waals surface area contributed by atoms with E-state index < -0.39 is 6.29 Å². The first-order valence-electron chi connectivity index (χ1n) is 8.21. The highest BCUT2D eigenvalue weighted by Gasteiger charge is 2.25. The van der Waals surface area contributed by atoms with Gasteiger partial charge in [-0.3, -0.25) is 9.78 Å². The van der Waals surface area contributed by atoms with E-state index in [0.717, 1.165) is 23.2 Å². The molecule has 0 N–H and O–H groups in total. The number of benzene rings is 1. The quantitative estimate of drug-likeness (QED) is 0.723. The number of hydrogen-bond donors (Lipinski definition) is 0. The Morgan fingerprint density at radius 1 is 1.20 bits per heavy atom. The standard InChI is InChI=1S/C19H22N2O4/c1-23-18(24-2)13-25-16-6-7-17-14(11-16)8-10-21(19(17)22)12-15-5-3-4-9-20-15/h3-7,9,11,18H,8,10,12-13H2,1-2H3. The van der Waals surface area contributed by atoms with Crippen molar-refractivity contribution in [2.75, 3.05) is 27.4 Å². The lowest BCUT2D eigenvalue weighted by Crippen LogP contribution is -2.37. The van der Waals surface area contributed by atoms with Gasteiger partial charge in [-0.25, -0.2) is 0 Å². The monoisotopic (exact) mass is 342 g/mol. The number of pyridine rings is 1. The molecule has 0 atom stereocenters. The Labute approximate surface area is 147 Å². The third kappa shape index (κ3) is 4.15. The van der Waals surface area contributed by atoms with Gasteiger partial charge < -0.3 is 19.1 Å². The number of fused-ring (bicyclic) bond motifs is 1. The molecule has 1 aromatic carbocycles. The maximum atomic E-state index is 12.7. The summed E-state index contributed by atoms with van der Waals surface area (Å²) in [6.07, 6.45) is 2.13. The van der Waals surface area contributed by atoms with Gasteiger partial charge in [-0.1, -0.05) is 6.07 Å². The minimum Gasteiger partial charge on any atom is -0.488 e. The Bertz CT molecular complexity index is 717. The van der Waals surface area contributed by atoms with Gasteiger partial charge in [0, 0.05) is 32.5 Å². The van der Waals surface area contributed by atoms with Gasteiger partial charge in [0.1, 0.15) is 12.4 Å². The minimum absolute atomic E-state index is 0.0325. The number of carbonyl (C=O) groups is 1. The molecular weight excluding hydrogens is 320 g/mol. The van der Waals surface area contributed by atoms with Gasteiger partial charge in [0.05, 0.1) is 12.2 Å². The summed E-state index contributed by atoms with van der Waals surface area (Å²) in [6, 6.07) is 11.3. The Morgan fingerprint density at radius 2 is 2.04 bits per heavy atom. The Balaban J connectivity index is 1.68. The molecule has 0 fully saturated rings. The van der Waals surface area contributed by atoms with Crippen molar-refractivity contribution in [3.63, 3.8) is 0 Å². The molecule has 0 radical (unpaired) electrons. The molecule has 2 aromatic rings. The van der Waals surface area contributed by atoms with E-state index in [4.69, 9.17) is 14.2 Å². The van der Waals surface area contributed by atoms with Crippen molar-refractivity contribution in [3.8, 4) is 5.75 Å². The minimum atomic E-state index is -0.411. The zero-order valence-electron chi connectivity index (χ0n) is 14.5. The zero-order chi connectivity index (χ0) is 17.6. The molecule has 1 aliphatic rings. The van der Waals surface area contributed by atoms with E-state index in [1.54, 1.807) is 20.4 Å². The maximum absolute atomic E-state index is 12.7. The molecule has 1 aromatic heterocycles. The van der Waals surface area contributed by atoms with Gasteiger partial charge in [-0.2, -0.15) is 0 Å². The molecule has 132 valence electrons. The topological polar surface area (TPSA) is 60.9 Å². The van der Waals surface area contributed by atoms with Crippen LogP contribution in [-0.4, -0.2) is 49.5 Å². The van der Waals surface area contributed by atoms with Crippen LogP contribution in [0.2, 0.25) is 0 Å². The summed E-state index contributed by atoms with van der Waals surface area (Å²) in [5.41, 5.74) is 2.63. The van der Waals surface area contributed by atoms with E-state index in [2.05, 4.69) is 4.98 Å². The second-order valence-electron chi connectivity index (χ2n) is 5.83. The number of methoxy groups -OCH3 is 2. The number of rotatable bonds is 7. The summed E-state index contributed by atoms with van der Waals surface area (Å²) in [5, 5.41) is 0. The van der Waals surface area contributed by atoms with Crippen molar-refractivity contribution < 1.29 is 19.0 Å². The van der Waals surface area contributed by atoms with Gasteiger partial charge in [-0.15, -0.1) is 0 Å². The van der Waals surface area contributed by atoms with Gasteiger partial charge in [0.2, 0.25) is 0 Å². The lowest BCUT2D eigenvalue weighted by atomic mass is 9.98. The smallest absolute Gasteiger partial charge is 0.254 e. The van der Waals surface area contributed by atoms with Crippen molar-refractivity contribution in [1.29, 1.82) is 0 Å². The van der Waals surface area contributed by atoms with Crippen LogP contribution in [0.5, 0.6) is 5.75 Å². The van der Waals surface area contributed by atoms with Crippen LogP contribution in [0.1, 0.15) is 21.6 Å². The molecule has 3 rings (SSSR count). The van der Waals surface area contributed by atoms with E-state index in [0.29, 0.717) is 25.4 Å². The number of hydrogen-bond acceptors (Lipinski definition) is 5. The first-order valence-corrected chi connectivity index (χ1v) is 8.21. The maximum Gasteiger partial charge on any atom is 0.254 e. The van der Waals surface area contributed by atoms with Crippen LogP contribution >= 0.6 is 0 Å². The summed E-state index contributed by atoms with van der Waals surface area (Å²) in [4.78, 5) is 18.8. The predicted molar refractivity (Wildman–Crippen MR) is 92.4 cm³/mol. The largest absolute Gasteiger partial charge is 0.488 e. The van der Waals surface area contributed by atoms with Gasteiger partial charge in [0.15, 0.2) is 6.29 Å². The molecule has 1 amide bonds. The van der Waals surface area contributed by atoms with Crippen LogP contribution < -0.4 is 4.74 Å². The van der Waals surface area contributed by atoms with E-state index >= 15 is 0 Å². The molecule has 0 saturated carbocycles. The number of ether oxygens (including phenoxy) is 3. The number of amides is 1. The van der Waals surface area contributed by atoms with Crippen molar-refractivity contribution in [1.82, 2.24) is 9.88 Å². The highest BCUT2D eigenvalue weighted by molar-refractivity contribution is 5.96. The molecule has 1 aliphatic heterocycles. The van der Waals surface area contributed by atoms with Crippen molar-refractivity contribution in [3.05, 3.63) is 59.4 Å². The second-order valence-corrected chi connectivity index (χ2v) is 5.83. The third-order valence-electron chi connectivity index (χ3n) is 4.24. The fourth-order valence-electron chi connectivity index (χ4n) is 2.84.